The Morgan fingerprint density at radius 2 is 1.86 bits per heavy atom. The standard InChI is InChI=1S/C18H22N2OS/c1-2-15-6-3-4-8-17(15)19-9-11-20(12-10-19)18(21)14-16-7-5-13-22-16/h3-8,13H,2,9-12,14H2,1H3. The van der Waals surface area contributed by atoms with Crippen molar-refractivity contribution in [2.45, 2.75) is 19.8 Å². The van der Waals surface area contributed by atoms with Gasteiger partial charge in [0, 0.05) is 36.7 Å². The molecule has 0 aliphatic carbocycles. The lowest BCUT2D eigenvalue weighted by atomic mass is 10.1. The van der Waals surface area contributed by atoms with Gasteiger partial charge in [0.05, 0.1) is 6.42 Å². The molecule has 4 heteroatoms. The lowest BCUT2D eigenvalue weighted by molar-refractivity contribution is -0.130. The monoisotopic (exact) mass is 314 g/mol. The molecule has 1 saturated heterocycles. The van der Waals surface area contributed by atoms with Gasteiger partial charge in [-0.2, -0.15) is 0 Å². The molecule has 0 saturated carbocycles. The molecule has 1 aliphatic heterocycles. The Bertz CT molecular complexity index is 616. The quantitative estimate of drug-likeness (QED) is 0.865. The zero-order chi connectivity index (χ0) is 15.4. The van der Waals surface area contributed by atoms with Crippen molar-refractivity contribution in [1.29, 1.82) is 0 Å². The zero-order valence-electron chi connectivity index (χ0n) is 13.0. The highest BCUT2D eigenvalue weighted by Gasteiger charge is 2.22. The number of piperazine rings is 1. The molecule has 22 heavy (non-hydrogen) atoms. The van der Waals surface area contributed by atoms with Crippen LogP contribution in [-0.2, 0) is 17.6 Å². The molecule has 116 valence electrons. The Labute approximate surface area is 136 Å². The van der Waals surface area contributed by atoms with E-state index >= 15 is 0 Å². The average Bonchev–Trinajstić information content (AvgIpc) is 3.08. The van der Waals surface area contributed by atoms with Gasteiger partial charge in [0.15, 0.2) is 0 Å². The number of rotatable bonds is 4. The van der Waals surface area contributed by atoms with Crippen molar-refractivity contribution >= 4 is 22.9 Å². The van der Waals surface area contributed by atoms with E-state index in [9.17, 15) is 4.79 Å². The van der Waals surface area contributed by atoms with E-state index in [0.29, 0.717) is 6.42 Å². The highest BCUT2D eigenvalue weighted by atomic mass is 32.1. The molecule has 0 atom stereocenters. The molecule has 1 aliphatic rings. The number of anilines is 1. The van der Waals surface area contributed by atoms with Gasteiger partial charge in [0.25, 0.3) is 0 Å². The summed E-state index contributed by atoms with van der Waals surface area (Å²) in [4.78, 5) is 17.9. The van der Waals surface area contributed by atoms with Gasteiger partial charge in [-0.25, -0.2) is 0 Å². The smallest absolute Gasteiger partial charge is 0.227 e. The first-order valence-corrected chi connectivity index (χ1v) is 8.79. The minimum absolute atomic E-state index is 0.255. The third-order valence-corrected chi connectivity index (χ3v) is 5.13. The maximum atomic E-state index is 12.3. The number of amides is 1. The molecule has 2 heterocycles. The Kier molecular flexibility index (Phi) is 4.78. The summed E-state index contributed by atoms with van der Waals surface area (Å²) in [7, 11) is 0. The lowest BCUT2D eigenvalue weighted by Crippen LogP contribution is -2.49. The summed E-state index contributed by atoms with van der Waals surface area (Å²) in [5, 5.41) is 2.03. The van der Waals surface area contributed by atoms with Crippen LogP contribution in [0.25, 0.3) is 0 Å². The van der Waals surface area contributed by atoms with Crippen molar-refractivity contribution in [3.8, 4) is 0 Å². The molecule has 0 bridgehead atoms. The van der Waals surface area contributed by atoms with Crippen molar-refractivity contribution in [1.82, 2.24) is 4.90 Å². The van der Waals surface area contributed by atoms with E-state index in [-0.39, 0.29) is 5.91 Å². The minimum atomic E-state index is 0.255. The number of aryl methyl sites for hydroxylation is 1. The number of hydrogen-bond donors (Lipinski definition) is 0. The summed E-state index contributed by atoms with van der Waals surface area (Å²) in [6.07, 6.45) is 1.59. The third kappa shape index (κ3) is 3.33. The van der Waals surface area contributed by atoms with Gasteiger partial charge in [-0.05, 0) is 29.5 Å². The van der Waals surface area contributed by atoms with Crippen LogP contribution < -0.4 is 4.90 Å². The van der Waals surface area contributed by atoms with Crippen LogP contribution in [0.4, 0.5) is 5.69 Å². The molecule has 1 fully saturated rings. The van der Waals surface area contributed by atoms with Crippen LogP contribution in [0.5, 0.6) is 0 Å². The molecule has 0 unspecified atom stereocenters. The van der Waals surface area contributed by atoms with E-state index in [1.54, 1.807) is 11.3 Å². The van der Waals surface area contributed by atoms with Crippen LogP contribution in [0.3, 0.4) is 0 Å². The first-order valence-electron chi connectivity index (χ1n) is 7.91. The normalized spacial score (nSPS) is 15.1. The maximum absolute atomic E-state index is 12.3. The second kappa shape index (κ2) is 6.97. The first-order chi connectivity index (χ1) is 10.8. The highest BCUT2D eigenvalue weighted by Crippen LogP contribution is 2.22. The van der Waals surface area contributed by atoms with Crippen LogP contribution in [0.15, 0.2) is 41.8 Å². The number of nitrogens with zero attached hydrogens (tertiary/aromatic N) is 2. The number of carbonyl (C=O) groups is 1. The van der Waals surface area contributed by atoms with Crippen molar-refractivity contribution in [3.63, 3.8) is 0 Å². The van der Waals surface area contributed by atoms with Gasteiger partial charge in [-0.3, -0.25) is 4.79 Å². The summed E-state index contributed by atoms with van der Waals surface area (Å²) in [6.45, 7) is 5.69. The van der Waals surface area contributed by atoms with Gasteiger partial charge in [0.2, 0.25) is 5.91 Å². The van der Waals surface area contributed by atoms with Crippen LogP contribution in [0.2, 0.25) is 0 Å². The summed E-state index contributed by atoms with van der Waals surface area (Å²) < 4.78 is 0. The minimum Gasteiger partial charge on any atom is -0.368 e. The molecule has 0 radical (unpaired) electrons. The van der Waals surface area contributed by atoms with Gasteiger partial charge < -0.3 is 9.80 Å². The predicted octanol–water partition coefficient (Wildman–Crippen LogP) is 3.20. The largest absolute Gasteiger partial charge is 0.368 e. The zero-order valence-corrected chi connectivity index (χ0v) is 13.8. The Balaban J connectivity index is 1.59. The third-order valence-electron chi connectivity index (χ3n) is 4.25. The van der Waals surface area contributed by atoms with E-state index in [0.717, 1.165) is 37.5 Å². The SMILES string of the molecule is CCc1ccccc1N1CCN(C(=O)Cc2cccs2)CC1. The van der Waals surface area contributed by atoms with Crippen LogP contribution in [0, 0.1) is 0 Å². The average molecular weight is 314 g/mol. The van der Waals surface area contributed by atoms with Gasteiger partial charge in [-0.1, -0.05) is 31.2 Å². The molecule has 0 N–H and O–H groups in total. The van der Waals surface area contributed by atoms with Crippen LogP contribution >= 0.6 is 11.3 Å². The highest BCUT2D eigenvalue weighted by molar-refractivity contribution is 7.10. The topological polar surface area (TPSA) is 23.6 Å². The summed E-state index contributed by atoms with van der Waals surface area (Å²) in [6, 6.07) is 12.6. The van der Waals surface area contributed by atoms with Gasteiger partial charge >= 0.3 is 0 Å². The fraction of sp³-hybridized carbons (Fsp3) is 0.389. The van der Waals surface area contributed by atoms with Gasteiger partial charge in [0.1, 0.15) is 0 Å². The number of hydrogen-bond acceptors (Lipinski definition) is 3. The molecule has 1 aromatic carbocycles. The number of carbonyl (C=O) groups excluding carboxylic acids is 1. The Morgan fingerprint density at radius 1 is 1.09 bits per heavy atom. The number of benzene rings is 1. The molecule has 2 aromatic rings. The van der Waals surface area contributed by atoms with Crippen molar-refractivity contribution in [2.75, 3.05) is 31.1 Å². The van der Waals surface area contributed by atoms with Crippen LogP contribution in [0.1, 0.15) is 17.4 Å². The number of thiophene rings is 1. The molecule has 0 spiro atoms. The molecular formula is C18H22N2OS. The van der Waals surface area contributed by atoms with E-state index < -0.39 is 0 Å². The molecule has 3 rings (SSSR count). The molecular weight excluding hydrogens is 292 g/mol. The van der Waals surface area contributed by atoms with Crippen molar-refractivity contribution in [2.24, 2.45) is 0 Å². The molecule has 3 nitrogen and oxygen atoms in total. The van der Waals surface area contributed by atoms with Crippen molar-refractivity contribution < 1.29 is 4.79 Å². The predicted molar refractivity (Wildman–Crippen MR) is 92.6 cm³/mol. The molecule has 1 amide bonds. The lowest BCUT2D eigenvalue weighted by Gasteiger charge is -2.37. The second-order valence-electron chi connectivity index (χ2n) is 5.61. The maximum Gasteiger partial charge on any atom is 0.227 e. The van der Waals surface area contributed by atoms with E-state index in [1.807, 2.05) is 22.4 Å². The Hall–Kier alpha value is -1.81. The summed E-state index contributed by atoms with van der Waals surface area (Å²) >= 11 is 1.66. The van der Waals surface area contributed by atoms with E-state index in [4.69, 9.17) is 0 Å². The number of para-hydroxylation sites is 1. The van der Waals surface area contributed by atoms with Crippen molar-refractivity contribution in [3.05, 3.63) is 52.2 Å². The summed E-state index contributed by atoms with van der Waals surface area (Å²) in [5.74, 6) is 0.255. The van der Waals surface area contributed by atoms with E-state index in [1.165, 1.54) is 11.3 Å². The van der Waals surface area contributed by atoms with Crippen LogP contribution in [-0.4, -0.2) is 37.0 Å². The van der Waals surface area contributed by atoms with E-state index in [2.05, 4.69) is 36.1 Å². The molecule has 1 aromatic heterocycles. The second-order valence-corrected chi connectivity index (χ2v) is 6.64. The first kappa shape index (κ1) is 15.1. The summed E-state index contributed by atoms with van der Waals surface area (Å²) in [5.41, 5.74) is 2.72. The Morgan fingerprint density at radius 3 is 2.55 bits per heavy atom. The fourth-order valence-corrected chi connectivity index (χ4v) is 3.68. The van der Waals surface area contributed by atoms with Gasteiger partial charge in [-0.15, -0.1) is 11.3 Å². The fourth-order valence-electron chi connectivity index (χ4n) is 2.99.